The van der Waals surface area contributed by atoms with Gasteiger partial charge in [-0.05, 0) is 37.6 Å². The van der Waals surface area contributed by atoms with Crippen molar-refractivity contribution in [2.75, 3.05) is 13.1 Å². The number of rotatable bonds is 6. The lowest BCUT2D eigenvalue weighted by molar-refractivity contribution is 0.0635. The van der Waals surface area contributed by atoms with Gasteiger partial charge in [-0.15, -0.1) is 0 Å². The molecule has 1 unspecified atom stereocenters. The summed E-state index contributed by atoms with van der Waals surface area (Å²) in [6.45, 7) is 4.35. The molecule has 24 heavy (non-hydrogen) atoms. The van der Waals surface area contributed by atoms with Gasteiger partial charge < -0.3 is 15.1 Å². The molecule has 0 bridgehead atoms. The molecule has 1 amide bonds. The topological polar surface area (TPSA) is 77.8 Å². The van der Waals surface area contributed by atoms with Crippen molar-refractivity contribution >= 4 is 11.9 Å². The van der Waals surface area contributed by atoms with Crippen LogP contribution in [0.3, 0.4) is 0 Å². The Morgan fingerprint density at radius 2 is 1.71 bits per heavy atom. The molecule has 1 atom stereocenters. The van der Waals surface area contributed by atoms with E-state index >= 15 is 0 Å². The maximum absolute atomic E-state index is 12.6. The van der Waals surface area contributed by atoms with Crippen LogP contribution in [0.4, 0.5) is 0 Å². The maximum Gasteiger partial charge on any atom is 0.335 e. The summed E-state index contributed by atoms with van der Waals surface area (Å²) in [5, 5.41) is 19.4. The number of hydrogen-bond acceptors (Lipinski definition) is 3. The Hall–Kier alpha value is -2.66. The van der Waals surface area contributed by atoms with Gasteiger partial charge >= 0.3 is 5.97 Å². The van der Waals surface area contributed by atoms with Crippen LogP contribution in [0.25, 0.3) is 0 Å². The number of carbonyl (C=O) groups excluding carboxylic acids is 1. The van der Waals surface area contributed by atoms with Gasteiger partial charge in [-0.25, -0.2) is 4.79 Å². The number of benzene rings is 2. The summed E-state index contributed by atoms with van der Waals surface area (Å²) in [5.74, 6) is -1.38. The molecule has 0 saturated carbocycles. The summed E-state index contributed by atoms with van der Waals surface area (Å²) in [6, 6.07) is 13.4. The van der Waals surface area contributed by atoms with Crippen molar-refractivity contribution in [3.05, 3.63) is 70.8 Å². The average Bonchev–Trinajstić information content (AvgIpc) is 2.59. The van der Waals surface area contributed by atoms with Gasteiger partial charge in [0.15, 0.2) is 0 Å². The molecule has 0 radical (unpaired) electrons. The third-order valence-corrected chi connectivity index (χ3v) is 3.88. The second kappa shape index (κ2) is 7.75. The first-order valence-corrected chi connectivity index (χ1v) is 7.79. The van der Waals surface area contributed by atoms with Gasteiger partial charge in [0.25, 0.3) is 5.91 Å². The smallest absolute Gasteiger partial charge is 0.335 e. The molecule has 0 saturated heterocycles. The summed E-state index contributed by atoms with van der Waals surface area (Å²) in [7, 11) is 0. The van der Waals surface area contributed by atoms with Crippen molar-refractivity contribution in [1.82, 2.24) is 4.90 Å². The first-order chi connectivity index (χ1) is 11.4. The molecule has 0 aliphatic rings. The number of carbonyl (C=O) groups is 2. The Kier molecular flexibility index (Phi) is 5.71. The SMILES string of the molecule is CCN(CC(O)c1ccc(C)cc1)C(=O)c1cccc(C(=O)O)c1. The van der Waals surface area contributed by atoms with Crippen LogP contribution in [0, 0.1) is 6.92 Å². The lowest BCUT2D eigenvalue weighted by Gasteiger charge is -2.24. The zero-order valence-corrected chi connectivity index (χ0v) is 13.8. The monoisotopic (exact) mass is 327 g/mol. The van der Waals surface area contributed by atoms with Crippen molar-refractivity contribution in [2.24, 2.45) is 0 Å². The molecule has 0 spiro atoms. The maximum atomic E-state index is 12.6. The normalized spacial score (nSPS) is 11.8. The van der Waals surface area contributed by atoms with Crippen LogP contribution < -0.4 is 0 Å². The third kappa shape index (κ3) is 4.20. The van der Waals surface area contributed by atoms with E-state index in [9.17, 15) is 14.7 Å². The number of hydrogen-bond donors (Lipinski definition) is 2. The van der Waals surface area contributed by atoms with E-state index in [0.717, 1.165) is 11.1 Å². The minimum absolute atomic E-state index is 0.0657. The van der Waals surface area contributed by atoms with Crippen LogP contribution in [0.15, 0.2) is 48.5 Å². The number of likely N-dealkylation sites (N-methyl/N-ethyl adjacent to an activating group) is 1. The molecule has 0 aliphatic heterocycles. The molecule has 0 fully saturated rings. The minimum Gasteiger partial charge on any atom is -0.478 e. The van der Waals surface area contributed by atoms with E-state index in [-0.39, 0.29) is 18.0 Å². The van der Waals surface area contributed by atoms with E-state index < -0.39 is 12.1 Å². The largest absolute Gasteiger partial charge is 0.478 e. The molecular formula is C19H21NO4. The molecule has 2 aromatic rings. The zero-order chi connectivity index (χ0) is 17.7. The molecule has 2 rings (SSSR count). The number of nitrogens with zero attached hydrogens (tertiary/aromatic N) is 1. The Morgan fingerprint density at radius 1 is 1.08 bits per heavy atom. The number of aliphatic hydroxyl groups is 1. The average molecular weight is 327 g/mol. The van der Waals surface area contributed by atoms with Gasteiger partial charge in [0, 0.05) is 12.1 Å². The summed E-state index contributed by atoms with van der Waals surface area (Å²) in [5.41, 5.74) is 2.20. The van der Waals surface area contributed by atoms with Crippen LogP contribution in [0.5, 0.6) is 0 Å². The van der Waals surface area contributed by atoms with E-state index in [4.69, 9.17) is 5.11 Å². The van der Waals surface area contributed by atoms with E-state index in [0.29, 0.717) is 12.1 Å². The molecule has 5 heteroatoms. The van der Waals surface area contributed by atoms with Gasteiger partial charge in [0.1, 0.15) is 0 Å². The van der Waals surface area contributed by atoms with Crippen LogP contribution in [-0.2, 0) is 0 Å². The molecule has 0 aliphatic carbocycles. The molecule has 126 valence electrons. The molecule has 0 heterocycles. The van der Waals surface area contributed by atoms with Crippen molar-refractivity contribution in [3.63, 3.8) is 0 Å². The lowest BCUT2D eigenvalue weighted by Crippen LogP contribution is -2.34. The highest BCUT2D eigenvalue weighted by Gasteiger charge is 2.19. The number of carboxylic acids is 1. The number of aryl methyl sites for hydroxylation is 1. The third-order valence-electron chi connectivity index (χ3n) is 3.88. The van der Waals surface area contributed by atoms with Crippen molar-refractivity contribution < 1.29 is 19.8 Å². The molecule has 5 nitrogen and oxygen atoms in total. The van der Waals surface area contributed by atoms with E-state index in [1.165, 1.54) is 17.0 Å². The Balaban J connectivity index is 2.15. The standard InChI is InChI=1S/C19H21NO4/c1-3-20(12-17(21)14-9-7-13(2)8-10-14)18(22)15-5-4-6-16(11-15)19(23)24/h4-11,17,21H,3,12H2,1-2H3,(H,23,24). The number of amides is 1. The predicted octanol–water partition coefficient (Wildman–Crippen LogP) is 2.89. The Bertz CT molecular complexity index is 724. The summed E-state index contributed by atoms with van der Waals surface area (Å²) in [4.78, 5) is 25.1. The van der Waals surface area contributed by atoms with Gasteiger partial charge in [-0.1, -0.05) is 35.9 Å². The predicted molar refractivity (Wildman–Crippen MR) is 91.1 cm³/mol. The van der Waals surface area contributed by atoms with Crippen LogP contribution in [0.2, 0.25) is 0 Å². The van der Waals surface area contributed by atoms with Crippen molar-refractivity contribution in [3.8, 4) is 0 Å². The van der Waals surface area contributed by atoms with Crippen LogP contribution in [-0.4, -0.2) is 40.1 Å². The van der Waals surface area contributed by atoms with Gasteiger partial charge in [0.2, 0.25) is 0 Å². The number of aliphatic hydroxyl groups excluding tert-OH is 1. The second-order valence-corrected chi connectivity index (χ2v) is 5.66. The Morgan fingerprint density at radius 3 is 2.29 bits per heavy atom. The van der Waals surface area contributed by atoms with Crippen LogP contribution >= 0.6 is 0 Å². The number of aromatic carboxylic acids is 1. The quantitative estimate of drug-likeness (QED) is 0.855. The highest BCUT2D eigenvalue weighted by Crippen LogP contribution is 2.17. The highest BCUT2D eigenvalue weighted by molar-refractivity contribution is 5.97. The lowest BCUT2D eigenvalue weighted by atomic mass is 10.1. The molecule has 0 aromatic heterocycles. The Labute approximate surface area is 141 Å². The first kappa shape index (κ1) is 17.7. The van der Waals surface area contributed by atoms with Gasteiger partial charge in [-0.2, -0.15) is 0 Å². The molecule has 2 aromatic carbocycles. The fourth-order valence-corrected chi connectivity index (χ4v) is 2.43. The van der Waals surface area contributed by atoms with Crippen molar-refractivity contribution in [1.29, 1.82) is 0 Å². The fraction of sp³-hybridized carbons (Fsp3) is 0.263. The number of carboxylic acid groups (broad SMARTS) is 1. The van der Waals surface area contributed by atoms with Crippen LogP contribution in [0.1, 0.15) is 44.9 Å². The van der Waals surface area contributed by atoms with Gasteiger partial charge in [-0.3, -0.25) is 4.79 Å². The first-order valence-electron chi connectivity index (χ1n) is 7.79. The minimum atomic E-state index is -1.08. The van der Waals surface area contributed by atoms with Gasteiger partial charge in [0.05, 0.1) is 18.2 Å². The summed E-state index contributed by atoms with van der Waals surface area (Å²) < 4.78 is 0. The van der Waals surface area contributed by atoms with Crippen molar-refractivity contribution in [2.45, 2.75) is 20.0 Å². The van der Waals surface area contributed by atoms with E-state index in [1.54, 1.807) is 12.1 Å². The van der Waals surface area contributed by atoms with E-state index in [2.05, 4.69) is 0 Å². The van der Waals surface area contributed by atoms with E-state index in [1.807, 2.05) is 38.1 Å². The summed E-state index contributed by atoms with van der Waals surface area (Å²) >= 11 is 0. The highest BCUT2D eigenvalue weighted by atomic mass is 16.4. The second-order valence-electron chi connectivity index (χ2n) is 5.66. The fourth-order valence-electron chi connectivity index (χ4n) is 2.43. The summed E-state index contributed by atoms with van der Waals surface area (Å²) in [6.07, 6.45) is -0.794. The zero-order valence-electron chi connectivity index (χ0n) is 13.8. The molecule has 2 N–H and O–H groups in total. The molecular weight excluding hydrogens is 306 g/mol.